The molecule has 132 valence electrons. The number of aromatic amines is 1. The van der Waals surface area contributed by atoms with Gasteiger partial charge in [-0.15, -0.1) is 0 Å². The topological polar surface area (TPSA) is 49.0 Å². The third-order valence-corrected chi connectivity index (χ3v) is 4.89. The van der Waals surface area contributed by atoms with Gasteiger partial charge in [-0.25, -0.2) is 9.37 Å². The Morgan fingerprint density at radius 1 is 1.12 bits per heavy atom. The Kier molecular flexibility index (Phi) is 4.52. The van der Waals surface area contributed by atoms with Crippen LogP contribution in [0.25, 0.3) is 17.1 Å². The molecule has 0 unspecified atom stereocenters. The van der Waals surface area contributed by atoms with Crippen molar-refractivity contribution >= 4 is 23.0 Å². The maximum Gasteiger partial charge on any atom is 0.246 e. The van der Waals surface area contributed by atoms with Crippen LogP contribution in [0.15, 0.2) is 54.6 Å². The van der Waals surface area contributed by atoms with Crippen molar-refractivity contribution < 1.29 is 9.18 Å². The van der Waals surface area contributed by atoms with Gasteiger partial charge in [-0.2, -0.15) is 0 Å². The zero-order valence-corrected chi connectivity index (χ0v) is 14.4. The largest absolute Gasteiger partial charge is 0.342 e. The number of amides is 1. The van der Waals surface area contributed by atoms with Gasteiger partial charge in [-0.1, -0.05) is 24.3 Å². The van der Waals surface area contributed by atoms with Gasteiger partial charge in [-0.3, -0.25) is 4.79 Å². The lowest BCUT2D eigenvalue weighted by Crippen LogP contribution is -2.37. The molecule has 1 fully saturated rings. The third-order valence-electron chi connectivity index (χ3n) is 4.89. The van der Waals surface area contributed by atoms with E-state index in [-0.39, 0.29) is 11.7 Å². The number of piperidine rings is 1. The molecule has 1 amide bonds. The molecule has 1 aliphatic heterocycles. The van der Waals surface area contributed by atoms with Crippen LogP contribution >= 0.6 is 0 Å². The Morgan fingerprint density at radius 2 is 1.85 bits per heavy atom. The average Bonchev–Trinajstić information content (AvgIpc) is 3.12. The van der Waals surface area contributed by atoms with Crippen LogP contribution in [0.4, 0.5) is 4.39 Å². The van der Waals surface area contributed by atoms with Gasteiger partial charge in [0.2, 0.25) is 5.91 Å². The van der Waals surface area contributed by atoms with Gasteiger partial charge in [0.1, 0.15) is 11.6 Å². The molecule has 0 atom stereocenters. The number of halogens is 1. The molecule has 5 heteroatoms. The molecular formula is C21H20FN3O. The molecule has 0 spiro atoms. The molecule has 0 aliphatic carbocycles. The molecule has 0 bridgehead atoms. The maximum atomic E-state index is 12.9. The Bertz CT molecular complexity index is 904. The number of nitrogens with one attached hydrogen (secondary N) is 1. The molecule has 4 rings (SSSR count). The molecule has 1 aromatic heterocycles. The van der Waals surface area contributed by atoms with Gasteiger partial charge < -0.3 is 9.88 Å². The van der Waals surface area contributed by atoms with Crippen molar-refractivity contribution in [2.45, 2.75) is 18.8 Å². The number of carbonyl (C=O) groups is 1. The van der Waals surface area contributed by atoms with E-state index in [0.717, 1.165) is 35.3 Å². The van der Waals surface area contributed by atoms with Crippen molar-refractivity contribution in [3.05, 3.63) is 71.8 Å². The fraction of sp³-hybridized carbons (Fsp3) is 0.238. The van der Waals surface area contributed by atoms with Crippen LogP contribution in [0.3, 0.4) is 0 Å². The summed E-state index contributed by atoms with van der Waals surface area (Å²) in [5.74, 6) is 1.09. The van der Waals surface area contributed by atoms with Crippen LogP contribution in [0.5, 0.6) is 0 Å². The normalized spacial score (nSPS) is 15.8. The van der Waals surface area contributed by atoms with Crippen molar-refractivity contribution in [1.82, 2.24) is 14.9 Å². The molecule has 4 nitrogen and oxygen atoms in total. The highest BCUT2D eigenvalue weighted by atomic mass is 19.1. The number of para-hydroxylation sites is 2. The summed E-state index contributed by atoms with van der Waals surface area (Å²) < 4.78 is 12.9. The first-order chi connectivity index (χ1) is 12.7. The number of nitrogens with zero attached hydrogens (tertiary/aromatic N) is 2. The van der Waals surface area contributed by atoms with E-state index in [1.54, 1.807) is 24.3 Å². The highest BCUT2D eigenvalue weighted by Crippen LogP contribution is 2.27. The number of hydrogen-bond acceptors (Lipinski definition) is 2. The number of hydrogen-bond donors (Lipinski definition) is 1. The van der Waals surface area contributed by atoms with Crippen molar-refractivity contribution in [3.8, 4) is 0 Å². The predicted molar refractivity (Wildman–Crippen MR) is 100 cm³/mol. The second-order valence-corrected chi connectivity index (χ2v) is 6.62. The van der Waals surface area contributed by atoms with Gasteiger partial charge in [-0.05, 0) is 48.7 Å². The summed E-state index contributed by atoms with van der Waals surface area (Å²) in [6, 6.07) is 14.1. The molecule has 0 saturated carbocycles. The Hall–Kier alpha value is -2.95. The Labute approximate surface area is 151 Å². The summed E-state index contributed by atoms with van der Waals surface area (Å²) in [7, 11) is 0. The zero-order chi connectivity index (χ0) is 17.9. The summed E-state index contributed by atoms with van der Waals surface area (Å²) in [5, 5.41) is 0. The molecule has 2 aromatic carbocycles. The molecule has 1 N–H and O–H groups in total. The Balaban J connectivity index is 1.36. The van der Waals surface area contributed by atoms with E-state index in [0.29, 0.717) is 19.0 Å². The summed E-state index contributed by atoms with van der Waals surface area (Å²) in [6.45, 7) is 1.43. The van der Waals surface area contributed by atoms with Crippen LogP contribution < -0.4 is 0 Å². The minimum Gasteiger partial charge on any atom is -0.342 e. The van der Waals surface area contributed by atoms with E-state index in [1.807, 2.05) is 29.2 Å². The van der Waals surface area contributed by atoms with Gasteiger partial charge >= 0.3 is 0 Å². The van der Waals surface area contributed by atoms with Crippen molar-refractivity contribution in [2.75, 3.05) is 13.1 Å². The smallest absolute Gasteiger partial charge is 0.246 e. The molecule has 2 heterocycles. The number of likely N-dealkylation sites (tertiary alicyclic amines) is 1. The predicted octanol–water partition coefficient (Wildman–Crippen LogP) is 4.12. The lowest BCUT2D eigenvalue weighted by atomic mass is 9.96. The molecule has 0 radical (unpaired) electrons. The fourth-order valence-corrected chi connectivity index (χ4v) is 3.39. The van der Waals surface area contributed by atoms with Crippen molar-refractivity contribution in [3.63, 3.8) is 0 Å². The number of benzene rings is 2. The highest BCUT2D eigenvalue weighted by Gasteiger charge is 2.24. The lowest BCUT2D eigenvalue weighted by Gasteiger charge is -2.30. The molecule has 1 aliphatic rings. The van der Waals surface area contributed by atoms with E-state index in [4.69, 9.17) is 0 Å². The molecule has 1 saturated heterocycles. The summed E-state index contributed by atoms with van der Waals surface area (Å²) in [4.78, 5) is 22.3. The van der Waals surface area contributed by atoms with E-state index < -0.39 is 0 Å². The fourth-order valence-electron chi connectivity index (χ4n) is 3.39. The monoisotopic (exact) mass is 349 g/mol. The highest BCUT2D eigenvalue weighted by molar-refractivity contribution is 5.91. The van der Waals surface area contributed by atoms with E-state index in [2.05, 4.69) is 9.97 Å². The SMILES string of the molecule is O=C(/C=C/c1ccc(F)cc1)N1CCC(c2nc3ccccc3[nH]2)CC1. The summed E-state index contributed by atoms with van der Waals surface area (Å²) in [6.07, 6.45) is 5.09. The van der Waals surface area contributed by atoms with E-state index in [1.165, 1.54) is 12.1 Å². The number of carbonyl (C=O) groups excluding carboxylic acids is 1. The van der Waals surface area contributed by atoms with Crippen LogP contribution in [0, 0.1) is 5.82 Å². The average molecular weight is 349 g/mol. The van der Waals surface area contributed by atoms with Gasteiger partial charge in [0.15, 0.2) is 0 Å². The molecular weight excluding hydrogens is 329 g/mol. The quantitative estimate of drug-likeness (QED) is 0.723. The van der Waals surface area contributed by atoms with Crippen molar-refractivity contribution in [2.24, 2.45) is 0 Å². The van der Waals surface area contributed by atoms with Gasteiger partial charge in [0, 0.05) is 25.1 Å². The van der Waals surface area contributed by atoms with Crippen LogP contribution in [0.2, 0.25) is 0 Å². The Morgan fingerprint density at radius 3 is 2.58 bits per heavy atom. The minimum absolute atomic E-state index is 0.00242. The number of aromatic nitrogens is 2. The number of imidazole rings is 1. The summed E-state index contributed by atoms with van der Waals surface area (Å²) in [5.41, 5.74) is 2.86. The first-order valence-electron chi connectivity index (χ1n) is 8.86. The van der Waals surface area contributed by atoms with Crippen molar-refractivity contribution in [1.29, 1.82) is 0 Å². The zero-order valence-electron chi connectivity index (χ0n) is 14.4. The molecule has 3 aromatic rings. The lowest BCUT2D eigenvalue weighted by molar-refractivity contribution is -0.127. The van der Waals surface area contributed by atoms with E-state index in [9.17, 15) is 9.18 Å². The number of H-pyrrole nitrogens is 1. The first kappa shape index (κ1) is 16.5. The first-order valence-corrected chi connectivity index (χ1v) is 8.86. The van der Waals surface area contributed by atoms with E-state index >= 15 is 0 Å². The number of rotatable bonds is 3. The maximum absolute atomic E-state index is 12.9. The van der Waals surface area contributed by atoms with Crippen LogP contribution in [0.1, 0.15) is 30.1 Å². The number of fused-ring (bicyclic) bond motifs is 1. The van der Waals surface area contributed by atoms with Gasteiger partial charge in [0.25, 0.3) is 0 Å². The molecule has 26 heavy (non-hydrogen) atoms. The second kappa shape index (κ2) is 7.12. The minimum atomic E-state index is -0.277. The van der Waals surface area contributed by atoms with Crippen LogP contribution in [-0.2, 0) is 4.79 Å². The van der Waals surface area contributed by atoms with Crippen LogP contribution in [-0.4, -0.2) is 33.9 Å². The third kappa shape index (κ3) is 3.52. The standard InChI is InChI=1S/C21H20FN3O/c22-17-8-5-15(6-9-17)7-10-20(26)25-13-11-16(12-14-25)21-23-18-3-1-2-4-19(18)24-21/h1-10,16H,11-14H2,(H,23,24)/b10-7+. The second-order valence-electron chi connectivity index (χ2n) is 6.62. The summed E-state index contributed by atoms with van der Waals surface area (Å²) >= 11 is 0. The van der Waals surface area contributed by atoms with Gasteiger partial charge in [0.05, 0.1) is 11.0 Å².